The van der Waals surface area contributed by atoms with E-state index < -0.39 is 11.8 Å². The van der Waals surface area contributed by atoms with Crippen molar-refractivity contribution < 1.29 is 14.0 Å². The summed E-state index contributed by atoms with van der Waals surface area (Å²) in [5.41, 5.74) is 8.54. The zero-order valence-electron chi connectivity index (χ0n) is 15.0. The van der Waals surface area contributed by atoms with Gasteiger partial charge in [-0.05, 0) is 61.9 Å². The summed E-state index contributed by atoms with van der Waals surface area (Å²) in [6.45, 7) is 3.87. The molecule has 0 saturated heterocycles. The van der Waals surface area contributed by atoms with Gasteiger partial charge in [-0.3, -0.25) is 20.4 Å². The third-order valence-corrected chi connectivity index (χ3v) is 3.98. The maximum atomic E-state index is 12.9. The van der Waals surface area contributed by atoms with E-state index in [9.17, 15) is 14.0 Å². The number of nitrogens with zero attached hydrogens (tertiary/aromatic N) is 2. The molecule has 0 unspecified atom stereocenters. The van der Waals surface area contributed by atoms with Crippen LogP contribution in [0, 0.1) is 19.7 Å². The number of rotatable bonds is 4. The van der Waals surface area contributed by atoms with Gasteiger partial charge in [0.1, 0.15) is 5.82 Å². The molecule has 0 radical (unpaired) electrons. The number of carbonyl (C=O) groups is 2. The van der Waals surface area contributed by atoms with Crippen molar-refractivity contribution in [2.45, 2.75) is 20.3 Å². The third kappa shape index (κ3) is 4.58. The molecule has 0 aliphatic rings. The van der Waals surface area contributed by atoms with Crippen molar-refractivity contribution >= 4 is 11.8 Å². The highest BCUT2D eigenvalue weighted by Gasteiger charge is 2.09. The smallest absolute Gasteiger partial charge is 0.269 e. The summed E-state index contributed by atoms with van der Waals surface area (Å²) in [4.78, 5) is 24.0. The molecule has 3 rings (SSSR count). The fourth-order valence-electron chi connectivity index (χ4n) is 2.67. The van der Waals surface area contributed by atoms with Crippen LogP contribution in [-0.4, -0.2) is 21.6 Å². The lowest BCUT2D eigenvalue weighted by molar-refractivity contribution is -0.121. The molecule has 2 amide bonds. The Bertz CT molecular complexity index is 963. The van der Waals surface area contributed by atoms with Crippen LogP contribution in [0.5, 0.6) is 0 Å². The lowest BCUT2D eigenvalue weighted by Gasteiger charge is -2.09. The van der Waals surface area contributed by atoms with Gasteiger partial charge in [-0.15, -0.1) is 0 Å². The molecule has 0 atom stereocenters. The van der Waals surface area contributed by atoms with Crippen LogP contribution in [0.4, 0.5) is 4.39 Å². The first-order chi connectivity index (χ1) is 12.9. The van der Waals surface area contributed by atoms with E-state index in [1.165, 1.54) is 24.3 Å². The van der Waals surface area contributed by atoms with E-state index in [4.69, 9.17) is 0 Å². The Kier molecular flexibility index (Phi) is 5.30. The van der Waals surface area contributed by atoms with Gasteiger partial charge in [-0.1, -0.05) is 12.1 Å². The summed E-state index contributed by atoms with van der Waals surface area (Å²) in [6, 6.07) is 14.5. The number of aryl methyl sites for hydroxylation is 2. The van der Waals surface area contributed by atoms with Gasteiger partial charge in [0, 0.05) is 11.3 Å². The number of benzene rings is 2. The van der Waals surface area contributed by atoms with Crippen molar-refractivity contribution in [3.63, 3.8) is 0 Å². The van der Waals surface area contributed by atoms with Gasteiger partial charge in [0.15, 0.2) is 0 Å². The molecule has 0 spiro atoms. The SMILES string of the molecule is Cc1cc(C)n(-c2ccc(C(=O)NNC(=O)Cc3ccc(F)cc3)cc2)n1. The Hall–Kier alpha value is -3.48. The standard InChI is InChI=1S/C20H19FN4O2/c1-13-11-14(2)25(24-13)18-9-5-16(6-10-18)20(27)23-22-19(26)12-15-3-7-17(21)8-4-15/h3-11H,12H2,1-2H3,(H,22,26)(H,23,27). The first-order valence-corrected chi connectivity index (χ1v) is 8.40. The molecule has 3 aromatic rings. The molecular formula is C20H19FN4O2. The minimum Gasteiger partial charge on any atom is -0.273 e. The molecule has 2 aromatic carbocycles. The Balaban J connectivity index is 1.57. The van der Waals surface area contributed by atoms with Crippen LogP contribution in [0.3, 0.4) is 0 Å². The summed E-state index contributed by atoms with van der Waals surface area (Å²) in [5.74, 6) is -1.19. The average molecular weight is 366 g/mol. The lowest BCUT2D eigenvalue weighted by Crippen LogP contribution is -2.42. The Labute approximate surface area is 156 Å². The number of halogens is 1. The monoisotopic (exact) mass is 366 g/mol. The fourth-order valence-corrected chi connectivity index (χ4v) is 2.67. The number of hydrogen-bond acceptors (Lipinski definition) is 3. The molecule has 0 aliphatic carbocycles. The average Bonchev–Trinajstić information content (AvgIpc) is 3.00. The molecule has 6 nitrogen and oxygen atoms in total. The van der Waals surface area contributed by atoms with Crippen LogP contribution < -0.4 is 10.9 Å². The quantitative estimate of drug-likeness (QED) is 0.697. The van der Waals surface area contributed by atoms with E-state index >= 15 is 0 Å². The number of hydrazine groups is 1. The summed E-state index contributed by atoms with van der Waals surface area (Å²) in [5, 5.41) is 4.40. The predicted octanol–water partition coefficient (Wildman–Crippen LogP) is 2.63. The largest absolute Gasteiger partial charge is 0.273 e. The second-order valence-electron chi connectivity index (χ2n) is 6.19. The second-order valence-corrected chi connectivity index (χ2v) is 6.19. The summed E-state index contributed by atoms with van der Waals surface area (Å²) in [6.07, 6.45) is 0.0391. The van der Waals surface area contributed by atoms with Crippen molar-refractivity contribution in [1.29, 1.82) is 0 Å². The maximum absolute atomic E-state index is 12.9. The predicted molar refractivity (Wildman–Crippen MR) is 98.8 cm³/mol. The summed E-state index contributed by atoms with van der Waals surface area (Å²) in [7, 11) is 0. The minimum absolute atomic E-state index is 0.0391. The molecule has 0 fully saturated rings. The summed E-state index contributed by atoms with van der Waals surface area (Å²) >= 11 is 0. The van der Waals surface area contributed by atoms with E-state index in [0.29, 0.717) is 11.1 Å². The Morgan fingerprint density at radius 3 is 2.26 bits per heavy atom. The van der Waals surface area contributed by atoms with Crippen molar-refractivity contribution in [3.8, 4) is 5.69 Å². The number of hydrogen-bond donors (Lipinski definition) is 2. The molecule has 0 saturated carbocycles. The molecule has 0 bridgehead atoms. The highest BCUT2D eigenvalue weighted by molar-refractivity contribution is 5.95. The van der Waals surface area contributed by atoms with Gasteiger partial charge in [-0.2, -0.15) is 5.10 Å². The van der Waals surface area contributed by atoms with E-state index in [-0.39, 0.29) is 12.2 Å². The Morgan fingerprint density at radius 2 is 1.67 bits per heavy atom. The molecule has 1 heterocycles. The molecule has 7 heteroatoms. The zero-order chi connectivity index (χ0) is 19.4. The van der Waals surface area contributed by atoms with Gasteiger partial charge in [0.25, 0.3) is 5.91 Å². The molecule has 1 aromatic heterocycles. The van der Waals surface area contributed by atoms with Crippen molar-refractivity contribution in [3.05, 3.63) is 82.9 Å². The van der Waals surface area contributed by atoms with E-state index in [0.717, 1.165) is 17.1 Å². The lowest BCUT2D eigenvalue weighted by atomic mass is 10.1. The topological polar surface area (TPSA) is 76.0 Å². The fraction of sp³-hybridized carbons (Fsp3) is 0.150. The zero-order valence-corrected chi connectivity index (χ0v) is 15.0. The van der Waals surface area contributed by atoms with Gasteiger partial charge < -0.3 is 0 Å². The first kappa shape index (κ1) is 18.3. The van der Waals surface area contributed by atoms with Gasteiger partial charge >= 0.3 is 0 Å². The van der Waals surface area contributed by atoms with Crippen LogP contribution >= 0.6 is 0 Å². The van der Waals surface area contributed by atoms with Crippen molar-refractivity contribution in [2.75, 3.05) is 0 Å². The van der Waals surface area contributed by atoms with E-state index in [1.807, 2.05) is 19.9 Å². The minimum atomic E-state index is -0.428. The molecule has 2 N–H and O–H groups in total. The summed E-state index contributed by atoms with van der Waals surface area (Å²) < 4.78 is 14.7. The van der Waals surface area contributed by atoms with Crippen LogP contribution in [0.2, 0.25) is 0 Å². The first-order valence-electron chi connectivity index (χ1n) is 8.40. The van der Waals surface area contributed by atoms with Gasteiger partial charge in [0.2, 0.25) is 5.91 Å². The number of aromatic nitrogens is 2. The molecule has 138 valence electrons. The van der Waals surface area contributed by atoms with Crippen molar-refractivity contribution in [2.24, 2.45) is 0 Å². The van der Waals surface area contributed by atoms with Crippen LogP contribution in [0.25, 0.3) is 5.69 Å². The third-order valence-electron chi connectivity index (χ3n) is 3.98. The van der Waals surface area contributed by atoms with Gasteiger partial charge in [-0.25, -0.2) is 9.07 Å². The van der Waals surface area contributed by atoms with Crippen LogP contribution in [-0.2, 0) is 11.2 Å². The number of nitrogens with one attached hydrogen (secondary N) is 2. The van der Waals surface area contributed by atoms with E-state index in [2.05, 4.69) is 16.0 Å². The maximum Gasteiger partial charge on any atom is 0.269 e. The number of amides is 2. The highest BCUT2D eigenvalue weighted by Crippen LogP contribution is 2.13. The van der Waals surface area contributed by atoms with Crippen LogP contribution in [0.1, 0.15) is 27.3 Å². The normalized spacial score (nSPS) is 10.5. The Morgan fingerprint density at radius 1 is 1.00 bits per heavy atom. The van der Waals surface area contributed by atoms with Crippen LogP contribution in [0.15, 0.2) is 54.6 Å². The van der Waals surface area contributed by atoms with Crippen molar-refractivity contribution in [1.82, 2.24) is 20.6 Å². The molecule has 0 aliphatic heterocycles. The molecular weight excluding hydrogens is 347 g/mol. The number of carbonyl (C=O) groups excluding carboxylic acids is 2. The molecule has 27 heavy (non-hydrogen) atoms. The second kappa shape index (κ2) is 7.82. The highest BCUT2D eigenvalue weighted by atomic mass is 19.1. The van der Waals surface area contributed by atoms with Gasteiger partial charge in [0.05, 0.1) is 17.8 Å². The van der Waals surface area contributed by atoms with E-state index in [1.54, 1.807) is 28.9 Å².